The molecule has 1 aliphatic heterocycles. The maximum absolute atomic E-state index is 8.32. The van der Waals surface area contributed by atoms with E-state index in [-0.39, 0.29) is 0 Å². The minimum Gasteiger partial charge on any atom is -0.351 e. The van der Waals surface area contributed by atoms with Gasteiger partial charge in [-0.3, -0.25) is 0 Å². The van der Waals surface area contributed by atoms with Crippen molar-refractivity contribution in [1.82, 2.24) is 29.7 Å². The number of likely N-dealkylation sites (N-methyl/N-ethyl adjacent to an activating group) is 2. The molecule has 27 heavy (non-hydrogen) atoms. The van der Waals surface area contributed by atoms with E-state index in [0.29, 0.717) is 35.4 Å². The van der Waals surface area contributed by atoms with Gasteiger partial charge in [0, 0.05) is 37.6 Å². The van der Waals surface area contributed by atoms with E-state index in [1.54, 1.807) is 24.5 Å². The van der Waals surface area contributed by atoms with Gasteiger partial charge in [-0.25, -0.2) is 15.0 Å². The molecule has 4 rings (SSSR count). The van der Waals surface area contributed by atoms with Crippen LogP contribution in [0.25, 0.3) is 22.8 Å². The van der Waals surface area contributed by atoms with Gasteiger partial charge in [-0.15, -0.1) is 10.2 Å². The zero-order valence-corrected chi connectivity index (χ0v) is 15.8. The van der Waals surface area contributed by atoms with Crippen LogP contribution in [-0.4, -0.2) is 49.8 Å². The first kappa shape index (κ1) is 14.8. The van der Waals surface area contributed by atoms with Crippen molar-refractivity contribution >= 4 is 11.6 Å². The SMILES string of the molecule is [2H]C1([2H])C(=C)N(CC)c2nc(-c3ccc(-c4nncn4C)nc3C)cnc2N1C. The molecule has 138 valence electrons. The molecule has 0 bridgehead atoms. The number of anilines is 2. The number of nitrogens with zero attached hydrogens (tertiary/aromatic N) is 8. The third kappa shape index (κ3) is 2.83. The Labute approximate surface area is 161 Å². The molecule has 3 aromatic rings. The van der Waals surface area contributed by atoms with Crippen LogP contribution in [0, 0.1) is 6.92 Å². The predicted octanol–water partition coefficient (Wildman–Crippen LogP) is 2.43. The summed E-state index contributed by atoms with van der Waals surface area (Å²) < 4.78 is 18.5. The van der Waals surface area contributed by atoms with Crippen LogP contribution in [0.5, 0.6) is 0 Å². The van der Waals surface area contributed by atoms with Crippen molar-refractivity contribution in [2.45, 2.75) is 13.8 Å². The van der Waals surface area contributed by atoms with Gasteiger partial charge in [0.25, 0.3) is 0 Å². The van der Waals surface area contributed by atoms with E-state index < -0.39 is 6.50 Å². The fourth-order valence-corrected chi connectivity index (χ4v) is 3.17. The second-order valence-electron chi connectivity index (χ2n) is 6.36. The van der Waals surface area contributed by atoms with E-state index in [4.69, 9.17) is 7.73 Å². The summed E-state index contributed by atoms with van der Waals surface area (Å²) in [6, 6.07) is 3.83. The first-order valence-electron chi connectivity index (χ1n) is 9.65. The lowest BCUT2D eigenvalue weighted by Gasteiger charge is -2.36. The Balaban J connectivity index is 1.79. The molecule has 0 N–H and O–H groups in total. The predicted molar refractivity (Wildman–Crippen MR) is 105 cm³/mol. The Bertz CT molecular complexity index is 1110. The number of rotatable bonds is 3. The number of pyridine rings is 1. The summed E-state index contributed by atoms with van der Waals surface area (Å²) in [5.41, 5.74) is 3.38. The molecule has 0 aromatic carbocycles. The molecule has 1 aliphatic rings. The molecule has 8 heteroatoms. The highest BCUT2D eigenvalue weighted by Crippen LogP contribution is 2.34. The Kier molecular flexibility index (Phi) is 3.55. The Morgan fingerprint density at radius 2 is 2.00 bits per heavy atom. The second kappa shape index (κ2) is 6.46. The van der Waals surface area contributed by atoms with Crippen molar-refractivity contribution in [2.75, 3.05) is 29.9 Å². The molecule has 0 atom stereocenters. The Morgan fingerprint density at radius 3 is 2.67 bits per heavy atom. The van der Waals surface area contributed by atoms with Crippen LogP contribution < -0.4 is 9.80 Å². The van der Waals surface area contributed by atoms with E-state index in [1.165, 1.54) is 4.90 Å². The van der Waals surface area contributed by atoms with Gasteiger partial charge in [0.05, 0.1) is 21.1 Å². The van der Waals surface area contributed by atoms with Gasteiger partial charge in [-0.05, 0) is 26.0 Å². The normalized spacial score (nSPS) is 16.8. The van der Waals surface area contributed by atoms with Gasteiger partial charge in [-0.2, -0.15) is 0 Å². The van der Waals surface area contributed by atoms with Crippen molar-refractivity contribution in [3.8, 4) is 22.8 Å². The molecule has 0 spiro atoms. The average molecular weight is 364 g/mol. The van der Waals surface area contributed by atoms with Crippen LogP contribution in [0.3, 0.4) is 0 Å². The lowest BCUT2D eigenvalue weighted by Crippen LogP contribution is -2.38. The first-order valence-corrected chi connectivity index (χ1v) is 8.65. The van der Waals surface area contributed by atoms with Crippen molar-refractivity contribution in [3.63, 3.8) is 0 Å². The molecule has 0 aliphatic carbocycles. The quantitative estimate of drug-likeness (QED) is 0.706. The average Bonchev–Trinajstić information content (AvgIpc) is 3.13. The minimum absolute atomic E-state index is 0.342. The van der Waals surface area contributed by atoms with Crippen molar-refractivity contribution in [1.29, 1.82) is 0 Å². The van der Waals surface area contributed by atoms with E-state index >= 15 is 0 Å². The number of aromatic nitrogens is 6. The minimum atomic E-state index is -1.73. The second-order valence-corrected chi connectivity index (χ2v) is 6.36. The summed E-state index contributed by atoms with van der Waals surface area (Å²) in [5.74, 6) is 1.76. The molecular formula is C19H22N8. The zero-order chi connectivity index (χ0) is 20.9. The van der Waals surface area contributed by atoms with E-state index in [0.717, 1.165) is 17.0 Å². The molecular weight excluding hydrogens is 340 g/mol. The van der Waals surface area contributed by atoms with E-state index in [1.807, 2.05) is 37.6 Å². The highest BCUT2D eigenvalue weighted by atomic mass is 15.3. The third-order valence-electron chi connectivity index (χ3n) is 4.55. The van der Waals surface area contributed by atoms with Gasteiger partial charge in [0.1, 0.15) is 12.0 Å². The number of hydrogen-bond acceptors (Lipinski definition) is 7. The summed E-state index contributed by atoms with van der Waals surface area (Å²) in [6.07, 6.45) is 3.29. The van der Waals surface area contributed by atoms with Gasteiger partial charge < -0.3 is 14.4 Å². The van der Waals surface area contributed by atoms with Crippen LogP contribution in [0.4, 0.5) is 11.6 Å². The largest absolute Gasteiger partial charge is 0.351 e. The van der Waals surface area contributed by atoms with Gasteiger partial charge in [0.2, 0.25) is 0 Å². The monoisotopic (exact) mass is 364 g/mol. The molecule has 0 fully saturated rings. The number of hydrogen-bond donors (Lipinski definition) is 0. The summed E-state index contributed by atoms with van der Waals surface area (Å²) in [4.78, 5) is 17.2. The van der Waals surface area contributed by atoms with Crippen LogP contribution >= 0.6 is 0 Å². The van der Waals surface area contributed by atoms with Crippen LogP contribution in [-0.2, 0) is 7.05 Å². The highest BCUT2D eigenvalue weighted by Gasteiger charge is 2.26. The fourth-order valence-electron chi connectivity index (χ4n) is 3.17. The molecule has 0 amide bonds. The molecule has 3 aromatic heterocycles. The van der Waals surface area contributed by atoms with Crippen molar-refractivity contribution < 1.29 is 2.74 Å². The number of fused-ring (bicyclic) bond motifs is 1. The lowest BCUT2D eigenvalue weighted by molar-refractivity contribution is 0.808. The van der Waals surface area contributed by atoms with E-state index in [2.05, 4.69) is 26.7 Å². The smallest absolute Gasteiger partial charge is 0.182 e. The standard InChI is InChI=1S/C19H22N8/c1-6-27-12(2)10-25(4)18-19(27)23-16(9-20-18)14-7-8-15(22-13(14)3)17-24-21-11-26(17)5/h7-9,11H,2,6,10H2,1,3-5H3/i10D2. The highest BCUT2D eigenvalue weighted by molar-refractivity contribution is 5.74. The van der Waals surface area contributed by atoms with E-state index in [9.17, 15) is 0 Å². The molecule has 0 radical (unpaired) electrons. The summed E-state index contributed by atoms with van der Waals surface area (Å²) in [7, 11) is 3.53. The first-order chi connectivity index (χ1) is 13.8. The molecule has 8 nitrogen and oxygen atoms in total. The topological polar surface area (TPSA) is 75.9 Å². The van der Waals surface area contributed by atoms with Crippen LogP contribution in [0.15, 0.2) is 36.9 Å². The summed E-state index contributed by atoms with van der Waals surface area (Å²) in [6.45, 7) is 6.62. The zero-order valence-electron chi connectivity index (χ0n) is 17.8. The Hall–Kier alpha value is -3.29. The van der Waals surface area contributed by atoms with Crippen molar-refractivity contribution in [3.05, 3.63) is 42.6 Å². The van der Waals surface area contributed by atoms with Crippen LogP contribution in [0.1, 0.15) is 15.4 Å². The Morgan fingerprint density at radius 1 is 1.19 bits per heavy atom. The molecule has 0 saturated carbocycles. The van der Waals surface area contributed by atoms with Crippen molar-refractivity contribution in [2.24, 2.45) is 7.05 Å². The lowest BCUT2D eigenvalue weighted by atomic mass is 10.1. The fraction of sp³-hybridized carbons (Fsp3) is 0.316. The number of aryl methyl sites for hydroxylation is 2. The molecule has 0 unspecified atom stereocenters. The maximum Gasteiger partial charge on any atom is 0.182 e. The maximum atomic E-state index is 8.32. The van der Waals surface area contributed by atoms with Gasteiger partial charge >= 0.3 is 0 Å². The summed E-state index contributed by atoms with van der Waals surface area (Å²) >= 11 is 0. The summed E-state index contributed by atoms with van der Waals surface area (Å²) in [5, 5.41) is 8.01. The van der Waals surface area contributed by atoms with Gasteiger partial charge in [0.15, 0.2) is 17.5 Å². The van der Waals surface area contributed by atoms with Gasteiger partial charge in [-0.1, -0.05) is 6.58 Å². The molecule has 4 heterocycles. The third-order valence-corrected chi connectivity index (χ3v) is 4.55. The molecule has 0 saturated heterocycles. The van der Waals surface area contributed by atoms with Crippen LogP contribution in [0.2, 0.25) is 0 Å².